The fraction of sp³-hybridized carbons (Fsp3) is 0.500. The van der Waals surface area contributed by atoms with Crippen LogP contribution >= 0.6 is 0 Å². The number of carbonyl (C=O) groups is 1. The van der Waals surface area contributed by atoms with Gasteiger partial charge in [-0.2, -0.15) is 0 Å². The van der Waals surface area contributed by atoms with Gasteiger partial charge in [-0.05, 0) is 18.6 Å². The van der Waals surface area contributed by atoms with E-state index in [4.69, 9.17) is 9.84 Å². The zero-order valence-corrected chi connectivity index (χ0v) is 10.4. The number of anilines is 1. The molecule has 98 valence electrons. The van der Waals surface area contributed by atoms with Crippen LogP contribution in [0.4, 0.5) is 10.6 Å². The Labute approximate surface area is 106 Å². The van der Waals surface area contributed by atoms with Crippen LogP contribution in [-0.2, 0) is 0 Å². The average Bonchev–Trinajstić information content (AvgIpc) is 2.64. The van der Waals surface area contributed by atoms with Gasteiger partial charge in [-0.15, -0.1) is 0 Å². The van der Waals surface area contributed by atoms with E-state index in [1.54, 1.807) is 13.3 Å². The quantitative estimate of drug-likeness (QED) is 0.857. The van der Waals surface area contributed by atoms with Crippen molar-refractivity contribution in [2.24, 2.45) is 0 Å². The molecule has 0 spiro atoms. The average molecular weight is 251 g/mol. The van der Waals surface area contributed by atoms with Crippen molar-refractivity contribution in [2.75, 3.05) is 38.2 Å². The molecule has 0 bridgehead atoms. The predicted octanol–water partition coefficient (Wildman–Crippen LogP) is 1.28. The standard InChI is InChI=1S/C12H17N3O3/c1-18-10-4-2-5-13-11(10)14-6-3-7-15(9-8-14)12(16)17/h2,4-5H,3,6-9H2,1H3,(H,16,17). The zero-order valence-electron chi connectivity index (χ0n) is 10.4. The summed E-state index contributed by atoms with van der Waals surface area (Å²) < 4.78 is 5.28. The Morgan fingerprint density at radius 1 is 1.39 bits per heavy atom. The molecule has 0 saturated carbocycles. The van der Waals surface area contributed by atoms with E-state index in [0.29, 0.717) is 19.6 Å². The third-order valence-electron chi connectivity index (χ3n) is 3.04. The molecule has 18 heavy (non-hydrogen) atoms. The van der Waals surface area contributed by atoms with Gasteiger partial charge in [-0.25, -0.2) is 9.78 Å². The van der Waals surface area contributed by atoms with E-state index in [1.807, 2.05) is 12.1 Å². The van der Waals surface area contributed by atoms with Crippen LogP contribution in [0.2, 0.25) is 0 Å². The summed E-state index contributed by atoms with van der Waals surface area (Å²) in [5, 5.41) is 8.99. The van der Waals surface area contributed by atoms with Gasteiger partial charge in [-0.1, -0.05) is 0 Å². The fourth-order valence-corrected chi connectivity index (χ4v) is 2.10. The van der Waals surface area contributed by atoms with E-state index in [2.05, 4.69) is 9.88 Å². The first-order chi connectivity index (χ1) is 8.72. The maximum Gasteiger partial charge on any atom is 0.407 e. The van der Waals surface area contributed by atoms with Gasteiger partial charge < -0.3 is 19.6 Å². The van der Waals surface area contributed by atoms with Crippen LogP contribution in [-0.4, -0.2) is 54.4 Å². The maximum absolute atomic E-state index is 10.9. The number of carboxylic acid groups (broad SMARTS) is 1. The van der Waals surface area contributed by atoms with Gasteiger partial charge in [0.05, 0.1) is 7.11 Å². The lowest BCUT2D eigenvalue weighted by molar-refractivity contribution is 0.148. The Balaban J connectivity index is 2.12. The minimum Gasteiger partial charge on any atom is -0.493 e. The molecular weight excluding hydrogens is 234 g/mol. The molecule has 1 fully saturated rings. The molecule has 0 atom stereocenters. The van der Waals surface area contributed by atoms with Crippen molar-refractivity contribution in [3.05, 3.63) is 18.3 Å². The number of amides is 1. The highest BCUT2D eigenvalue weighted by Gasteiger charge is 2.20. The van der Waals surface area contributed by atoms with Crippen molar-refractivity contribution >= 4 is 11.9 Å². The first-order valence-electron chi connectivity index (χ1n) is 5.94. The fourth-order valence-electron chi connectivity index (χ4n) is 2.10. The Morgan fingerprint density at radius 3 is 2.94 bits per heavy atom. The summed E-state index contributed by atoms with van der Waals surface area (Å²) >= 11 is 0. The lowest BCUT2D eigenvalue weighted by Gasteiger charge is -2.23. The number of hydrogen-bond acceptors (Lipinski definition) is 4. The van der Waals surface area contributed by atoms with Crippen LogP contribution in [0.5, 0.6) is 5.75 Å². The van der Waals surface area contributed by atoms with Gasteiger partial charge in [0.25, 0.3) is 0 Å². The van der Waals surface area contributed by atoms with Crippen molar-refractivity contribution in [1.82, 2.24) is 9.88 Å². The van der Waals surface area contributed by atoms with Crippen molar-refractivity contribution in [1.29, 1.82) is 0 Å². The second kappa shape index (κ2) is 5.57. The van der Waals surface area contributed by atoms with Crippen LogP contribution in [0.3, 0.4) is 0 Å². The predicted molar refractivity (Wildman–Crippen MR) is 67.2 cm³/mol. The number of pyridine rings is 1. The van der Waals surface area contributed by atoms with E-state index in [0.717, 1.165) is 24.5 Å². The number of aromatic nitrogens is 1. The van der Waals surface area contributed by atoms with E-state index >= 15 is 0 Å². The molecule has 0 unspecified atom stereocenters. The highest BCUT2D eigenvalue weighted by Crippen LogP contribution is 2.25. The summed E-state index contributed by atoms with van der Waals surface area (Å²) in [5.74, 6) is 1.51. The van der Waals surface area contributed by atoms with Gasteiger partial charge in [0, 0.05) is 32.4 Å². The maximum atomic E-state index is 10.9. The van der Waals surface area contributed by atoms with Gasteiger partial charge in [0.2, 0.25) is 0 Å². The Bertz CT molecular complexity index is 425. The van der Waals surface area contributed by atoms with Gasteiger partial charge >= 0.3 is 6.09 Å². The zero-order chi connectivity index (χ0) is 13.0. The summed E-state index contributed by atoms with van der Waals surface area (Å²) in [6.45, 7) is 2.49. The molecule has 1 aliphatic rings. The summed E-state index contributed by atoms with van der Waals surface area (Å²) in [6, 6.07) is 3.69. The first-order valence-corrected chi connectivity index (χ1v) is 5.94. The highest BCUT2D eigenvalue weighted by molar-refractivity contribution is 5.65. The molecular formula is C12H17N3O3. The number of rotatable bonds is 2. The topological polar surface area (TPSA) is 65.9 Å². The van der Waals surface area contributed by atoms with Crippen LogP contribution in [0.25, 0.3) is 0 Å². The van der Waals surface area contributed by atoms with E-state index in [-0.39, 0.29) is 0 Å². The van der Waals surface area contributed by atoms with E-state index in [9.17, 15) is 4.79 Å². The SMILES string of the molecule is COc1cccnc1N1CCCN(C(=O)O)CC1. The number of methoxy groups -OCH3 is 1. The molecule has 0 aromatic carbocycles. The summed E-state index contributed by atoms with van der Waals surface area (Å²) in [5.41, 5.74) is 0. The minimum atomic E-state index is -0.857. The summed E-state index contributed by atoms with van der Waals surface area (Å²) in [4.78, 5) is 18.8. The third kappa shape index (κ3) is 2.64. The largest absolute Gasteiger partial charge is 0.493 e. The van der Waals surface area contributed by atoms with E-state index in [1.165, 1.54) is 4.90 Å². The van der Waals surface area contributed by atoms with Crippen LogP contribution in [0.15, 0.2) is 18.3 Å². The van der Waals surface area contributed by atoms with Gasteiger partial charge in [0.1, 0.15) is 0 Å². The van der Waals surface area contributed by atoms with Gasteiger partial charge in [0.15, 0.2) is 11.6 Å². The minimum absolute atomic E-state index is 0.495. The second-order valence-corrected chi connectivity index (χ2v) is 4.14. The van der Waals surface area contributed by atoms with Crippen LogP contribution in [0.1, 0.15) is 6.42 Å². The number of hydrogen-bond donors (Lipinski definition) is 1. The van der Waals surface area contributed by atoms with Crippen molar-refractivity contribution in [3.63, 3.8) is 0 Å². The molecule has 1 aromatic heterocycles. The molecule has 1 aliphatic heterocycles. The van der Waals surface area contributed by atoms with E-state index < -0.39 is 6.09 Å². The molecule has 1 aromatic rings. The van der Waals surface area contributed by atoms with Crippen molar-refractivity contribution in [2.45, 2.75) is 6.42 Å². The number of ether oxygens (including phenoxy) is 1. The monoisotopic (exact) mass is 251 g/mol. The molecule has 1 amide bonds. The molecule has 6 nitrogen and oxygen atoms in total. The molecule has 2 heterocycles. The smallest absolute Gasteiger partial charge is 0.407 e. The molecule has 0 radical (unpaired) electrons. The Kier molecular flexibility index (Phi) is 3.86. The van der Waals surface area contributed by atoms with Crippen molar-refractivity contribution in [3.8, 4) is 5.75 Å². The van der Waals surface area contributed by atoms with Crippen molar-refractivity contribution < 1.29 is 14.6 Å². The molecule has 0 aliphatic carbocycles. The summed E-state index contributed by atoms with van der Waals surface area (Å²) in [6.07, 6.45) is 1.66. The van der Waals surface area contributed by atoms with Crippen LogP contribution < -0.4 is 9.64 Å². The highest BCUT2D eigenvalue weighted by atomic mass is 16.5. The molecule has 1 N–H and O–H groups in total. The normalized spacial score (nSPS) is 16.3. The lowest BCUT2D eigenvalue weighted by Crippen LogP contribution is -2.34. The lowest BCUT2D eigenvalue weighted by atomic mass is 10.3. The Morgan fingerprint density at radius 2 is 2.22 bits per heavy atom. The molecule has 6 heteroatoms. The van der Waals surface area contributed by atoms with Gasteiger partial charge in [-0.3, -0.25) is 0 Å². The molecule has 1 saturated heterocycles. The third-order valence-corrected chi connectivity index (χ3v) is 3.04. The second-order valence-electron chi connectivity index (χ2n) is 4.14. The Hall–Kier alpha value is -1.98. The first kappa shape index (κ1) is 12.5. The summed E-state index contributed by atoms with van der Waals surface area (Å²) in [7, 11) is 1.61. The number of nitrogens with zero attached hydrogens (tertiary/aromatic N) is 3. The van der Waals surface area contributed by atoms with Crippen LogP contribution in [0, 0.1) is 0 Å². The molecule has 2 rings (SSSR count).